The number of furan rings is 1. The Bertz CT molecular complexity index is 408. The van der Waals surface area contributed by atoms with Crippen molar-refractivity contribution in [2.24, 2.45) is 0 Å². The Morgan fingerprint density at radius 3 is 2.53 bits per heavy atom. The van der Waals surface area contributed by atoms with Gasteiger partial charge < -0.3 is 4.42 Å². The largest absolute Gasteiger partial charge is 0.468 e. The quantitative estimate of drug-likeness (QED) is 0.764. The average molecular weight is 269 g/mol. The van der Waals surface area contributed by atoms with Gasteiger partial charge in [-0.3, -0.25) is 0 Å². The molecule has 15 heavy (non-hydrogen) atoms. The zero-order valence-electron chi connectivity index (χ0n) is 7.99. The van der Waals surface area contributed by atoms with Crippen molar-refractivity contribution in [2.75, 3.05) is 0 Å². The molecule has 0 N–H and O–H groups in total. The van der Waals surface area contributed by atoms with E-state index < -0.39 is 0 Å². The van der Waals surface area contributed by atoms with E-state index in [1.165, 1.54) is 12.1 Å². The van der Waals surface area contributed by atoms with E-state index in [-0.39, 0.29) is 10.6 Å². The molecule has 0 spiro atoms. The summed E-state index contributed by atoms with van der Waals surface area (Å²) < 4.78 is 17.9. The standard InChI is InChI=1S/C12H10BrFO/c13-11(12-2-1-7-15-12)8-9-3-5-10(14)6-4-9/h1-7,11H,8H2. The number of halogens is 2. The Morgan fingerprint density at radius 1 is 1.20 bits per heavy atom. The van der Waals surface area contributed by atoms with Gasteiger partial charge in [0.25, 0.3) is 0 Å². The lowest BCUT2D eigenvalue weighted by atomic mass is 10.1. The van der Waals surface area contributed by atoms with Crippen molar-refractivity contribution in [1.82, 2.24) is 0 Å². The van der Waals surface area contributed by atoms with E-state index >= 15 is 0 Å². The minimum Gasteiger partial charge on any atom is -0.468 e. The first kappa shape index (κ1) is 10.4. The van der Waals surface area contributed by atoms with Gasteiger partial charge >= 0.3 is 0 Å². The third-order valence-electron chi connectivity index (χ3n) is 2.18. The molecular weight excluding hydrogens is 259 g/mol. The molecule has 1 nitrogen and oxygen atoms in total. The van der Waals surface area contributed by atoms with Crippen LogP contribution < -0.4 is 0 Å². The van der Waals surface area contributed by atoms with E-state index in [9.17, 15) is 4.39 Å². The summed E-state index contributed by atoms with van der Waals surface area (Å²) in [6.45, 7) is 0. The summed E-state index contributed by atoms with van der Waals surface area (Å²) in [7, 11) is 0. The number of rotatable bonds is 3. The second-order valence-corrected chi connectivity index (χ2v) is 4.42. The van der Waals surface area contributed by atoms with Crippen LogP contribution in [0.5, 0.6) is 0 Å². The van der Waals surface area contributed by atoms with Crippen molar-refractivity contribution in [3.8, 4) is 0 Å². The maximum absolute atomic E-state index is 12.7. The summed E-state index contributed by atoms with van der Waals surface area (Å²) in [5.74, 6) is 0.683. The summed E-state index contributed by atoms with van der Waals surface area (Å²) in [5.41, 5.74) is 1.08. The molecule has 2 aromatic rings. The van der Waals surface area contributed by atoms with Crippen LogP contribution in [0.25, 0.3) is 0 Å². The monoisotopic (exact) mass is 268 g/mol. The molecule has 0 fully saturated rings. The Labute approximate surface area is 96.0 Å². The van der Waals surface area contributed by atoms with Crippen LogP contribution in [0, 0.1) is 5.82 Å². The van der Waals surface area contributed by atoms with Crippen molar-refractivity contribution >= 4 is 15.9 Å². The molecule has 3 heteroatoms. The molecule has 1 atom stereocenters. The zero-order valence-corrected chi connectivity index (χ0v) is 9.58. The van der Waals surface area contributed by atoms with Crippen LogP contribution in [-0.2, 0) is 6.42 Å². The molecule has 78 valence electrons. The van der Waals surface area contributed by atoms with Gasteiger partial charge in [-0.2, -0.15) is 0 Å². The summed E-state index contributed by atoms with van der Waals surface area (Å²) >= 11 is 3.53. The normalized spacial score (nSPS) is 12.7. The van der Waals surface area contributed by atoms with Gasteiger partial charge in [0.1, 0.15) is 11.6 Å². The van der Waals surface area contributed by atoms with Gasteiger partial charge in [-0.25, -0.2) is 4.39 Å². The molecular formula is C12H10BrFO. The molecule has 0 saturated carbocycles. The first-order chi connectivity index (χ1) is 7.25. The SMILES string of the molecule is Fc1ccc(CC(Br)c2ccco2)cc1. The molecule has 1 heterocycles. The number of alkyl halides is 1. The lowest BCUT2D eigenvalue weighted by Crippen LogP contribution is -1.93. The smallest absolute Gasteiger partial charge is 0.123 e. The third-order valence-corrected chi connectivity index (χ3v) is 2.96. The Kier molecular flexibility index (Phi) is 3.21. The number of benzene rings is 1. The number of hydrogen-bond donors (Lipinski definition) is 0. The Hall–Kier alpha value is -1.09. The first-order valence-electron chi connectivity index (χ1n) is 4.67. The van der Waals surface area contributed by atoms with E-state index in [0.717, 1.165) is 17.7 Å². The molecule has 1 aromatic carbocycles. The van der Waals surface area contributed by atoms with Crippen LogP contribution in [0.1, 0.15) is 16.2 Å². The molecule has 2 rings (SSSR count). The van der Waals surface area contributed by atoms with Crippen molar-refractivity contribution < 1.29 is 8.81 Å². The highest BCUT2D eigenvalue weighted by Crippen LogP contribution is 2.27. The van der Waals surface area contributed by atoms with Crippen molar-refractivity contribution in [1.29, 1.82) is 0 Å². The molecule has 0 amide bonds. The van der Waals surface area contributed by atoms with Gasteiger partial charge in [0.05, 0.1) is 11.1 Å². The zero-order chi connectivity index (χ0) is 10.7. The van der Waals surface area contributed by atoms with Crippen LogP contribution in [0.2, 0.25) is 0 Å². The van der Waals surface area contributed by atoms with Gasteiger partial charge in [0, 0.05) is 0 Å². The van der Waals surface area contributed by atoms with Crippen LogP contribution in [0.3, 0.4) is 0 Å². The summed E-state index contributed by atoms with van der Waals surface area (Å²) in [6.07, 6.45) is 2.43. The minimum atomic E-state index is -0.206. The highest BCUT2D eigenvalue weighted by atomic mass is 79.9. The summed E-state index contributed by atoms with van der Waals surface area (Å²) in [4.78, 5) is 0.137. The van der Waals surface area contributed by atoms with Crippen LogP contribution in [0.15, 0.2) is 47.1 Å². The Morgan fingerprint density at radius 2 is 1.93 bits per heavy atom. The van der Waals surface area contributed by atoms with Gasteiger partial charge in [-0.05, 0) is 36.2 Å². The highest BCUT2D eigenvalue weighted by molar-refractivity contribution is 9.09. The lowest BCUT2D eigenvalue weighted by Gasteiger charge is -2.06. The van der Waals surface area contributed by atoms with Crippen LogP contribution in [-0.4, -0.2) is 0 Å². The fourth-order valence-electron chi connectivity index (χ4n) is 1.40. The topological polar surface area (TPSA) is 13.1 Å². The van der Waals surface area contributed by atoms with Crippen molar-refractivity contribution in [3.05, 3.63) is 59.8 Å². The average Bonchev–Trinajstić information content (AvgIpc) is 2.74. The van der Waals surface area contributed by atoms with Crippen LogP contribution >= 0.6 is 15.9 Å². The van der Waals surface area contributed by atoms with E-state index in [4.69, 9.17) is 4.42 Å². The molecule has 1 aromatic heterocycles. The molecule has 0 aliphatic rings. The van der Waals surface area contributed by atoms with Crippen molar-refractivity contribution in [3.63, 3.8) is 0 Å². The van der Waals surface area contributed by atoms with Gasteiger partial charge in [0.2, 0.25) is 0 Å². The highest BCUT2D eigenvalue weighted by Gasteiger charge is 2.10. The first-order valence-corrected chi connectivity index (χ1v) is 5.59. The third kappa shape index (κ3) is 2.69. The molecule has 0 aliphatic carbocycles. The number of hydrogen-bond acceptors (Lipinski definition) is 1. The summed E-state index contributed by atoms with van der Waals surface area (Å²) in [5, 5.41) is 0. The van der Waals surface area contributed by atoms with Gasteiger partial charge in [0.15, 0.2) is 0 Å². The summed E-state index contributed by atoms with van der Waals surface area (Å²) in [6, 6.07) is 10.3. The predicted octanol–water partition coefficient (Wildman–Crippen LogP) is 4.10. The van der Waals surface area contributed by atoms with E-state index in [1.54, 1.807) is 18.4 Å². The minimum absolute atomic E-state index is 0.137. The molecule has 0 aliphatic heterocycles. The maximum Gasteiger partial charge on any atom is 0.123 e. The van der Waals surface area contributed by atoms with E-state index in [1.807, 2.05) is 12.1 Å². The van der Waals surface area contributed by atoms with Crippen LogP contribution in [0.4, 0.5) is 4.39 Å². The van der Waals surface area contributed by atoms with Gasteiger partial charge in [-0.15, -0.1) is 0 Å². The molecule has 1 unspecified atom stereocenters. The Balaban J connectivity index is 2.06. The van der Waals surface area contributed by atoms with Gasteiger partial charge in [-0.1, -0.05) is 28.1 Å². The molecule has 0 radical (unpaired) electrons. The fourth-order valence-corrected chi connectivity index (χ4v) is 2.03. The van der Waals surface area contributed by atoms with Crippen molar-refractivity contribution in [2.45, 2.75) is 11.2 Å². The second kappa shape index (κ2) is 4.62. The predicted molar refractivity (Wildman–Crippen MR) is 60.5 cm³/mol. The van der Waals surface area contributed by atoms with E-state index in [0.29, 0.717) is 0 Å². The van der Waals surface area contributed by atoms with E-state index in [2.05, 4.69) is 15.9 Å². The fraction of sp³-hybridized carbons (Fsp3) is 0.167. The maximum atomic E-state index is 12.7. The molecule has 0 bridgehead atoms. The second-order valence-electron chi connectivity index (χ2n) is 3.31. The molecule has 0 saturated heterocycles. The lowest BCUT2D eigenvalue weighted by molar-refractivity contribution is 0.507.